The van der Waals surface area contributed by atoms with E-state index in [-0.39, 0.29) is 0 Å². The van der Waals surface area contributed by atoms with Gasteiger partial charge in [0.2, 0.25) is 0 Å². The molecule has 0 radical (unpaired) electrons. The summed E-state index contributed by atoms with van der Waals surface area (Å²) in [5.41, 5.74) is 3.43. The third kappa shape index (κ3) is 2.75. The predicted octanol–water partition coefficient (Wildman–Crippen LogP) is 3.45. The number of fused-ring (bicyclic) bond motifs is 1. The molecular formula is C18H15NO2. The van der Waals surface area contributed by atoms with Crippen molar-refractivity contribution in [2.24, 2.45) is 0 Å². The lowest BCUT2D eigenvalue weighted by Gasteiger charge is -2.05. The molecule has 0 saturated carbocycles. The van der Waals surface area contributed by atoms with E-state index in [0.717, 1.165) is 28.9 Å². The predicted molar refractivity (Wildman–Crippen MR) is 81.2 cm³/mol. The van der Waals surface area contributed by atoms with Gasteiger partial charge < -0.3 is 9.84 Å². The average molecular weight is 277 g/mol. The van der Waals surface area contributed by atoms with Crippen molar-refractivity contribution < 1.29 is 9.84 Å². The standard InChI is InChI=1S/C18H15NO2/c19-12-16-5-2-1-4-13(16)6-3-7-14-11-18-15(8-9-21-18)10-17(14)20/h1-6,10-11,20H,7-9H2/b6-3+. The Bertz CT molecular complexity index is 741. The molecule has 0 unspecified atom stereocenters. The van der Waals surface area contributed by atoms with E-state index in [4.69, 9.17) is 10.00 Å². The van der Waals surface area contributed by atoms with Gasteiger partial charge >= 0.3 is 0 Å². The van der Waals surface area contributed by atoms with Gasteiger partial charge in [-0.1, -0.05) is 30.4 Å². The number of hydrogen-bond donors (Lipinski definition) is 1. The SMILES string of the molecule is N#Cc1ccccc1/C=C/Cc1cc2c(cc1O)CCO2. The molecule has 3 heteroatoms. The number of nitrogens with zero attached hydrogens (tertiary/aromatic N) is 1. The molecule has 0 atom stereocenters. The van der Waals surface area contributed by atoms with Gasteiger partial charge in [0.05, 0.1) is 18.2 Å². The Morgan fingerprint density at radius 2 is 2.14 bits per heavy atom. The van der Waals surface area contributed by atoms with Gasteiger partial charge in [-0.05, 0) is 30.2 Å². The van der Waals surface area contributed by atoms with Crippen molar-refractivity contribution in [3.63, 3.8) is 0 Å². The first-order valence-electron chi connectivity index (χ1n) is 6.91. The molecule has 0 spiro atoms. The van der Waals surface area contributed by atoms with Crippen molar-refractivity contribution in [2.45, 2.75) is 12.8 Å². The Balaban J connectivity index is 1.79. The number of nitriles is 1. The summed E-state index contributed by atoms with van der Waals surface area (Å²) in [4.78, 5) is 0. The first kappa shape index (κ1) is 13.3. The van der Waals surface area contributed by atoms with Gasteiger partial charge in [0, 0.05) is 17.5 Å². The van der Waals surface area contributed by atoms with Gasteiger partial charge in [0.15, 0.2) is 0 Å². The van der Waals surface area contributed by atoms with Gasteiger partial charge in [-0.25, -0.2) is 0 Å². The fraction of sp³-hybridized carbons (Fsp3) is 0.167. The lowest BCUT2D eigenvalue weighted by molar-refractivity contribution is 0.356. The van der Waals surface area contributed by atoms with Crippen LogP contribution in [0.2, 0.25) is 0 Å². The van der Waals surface area contributed by atoms with Crippen molar-refractivity contribution in [3.05, 3.63) is 64.7 Å². The molecule has 1 heterocycles. The van der Waals surface area contributed by atoms with Crippen LogP contribution in [-0.4, -0.2) is 11.7 Å². The van der Waals surface area contributed by atoms with Crippen LogP contribution in [0.5, 0.6) is 11.5 Å². The number of allylic oxidation sites excluding steroid dienone is 1. The van der Waals surface area contributed by atoms with Crippen molar-refractivity contribution in [3.8, 4) is 17.6 Å². The molecule has 1 aliphatic heterocycles. The van der Waals surface area contributed by atoms with Crippen LogP contribution in [0.25, 0.3) is 6.08 Å². The van der Waals surface area contributed by atoms with E-state index in [0.29, 0.717) is 24.3 Å². The number of phenolic OH excluding ortho intramolecular Hbond substituents is 1. The summed E-state index contributed by atoms with van der Waals surface area (Å²) in [6.45, 7) is 0.684. The van der Waals surface area contributed by atoms with Gasteiger partial charge in [-0.15, -0.1) is 0 Å². The van der Waals surface area contributed by atoms with E-state index >= 15 is 0 Å². The molecule has 104 valence electrons. The highest BCUT2D eigenvalue weighted by molar-refractivity contribution is 5.58. The lowest BCUT2D eigenvalue weighted by atomic mass is 10.0. The Kier molecular flexibility index (Phi) is 3.61. The molecule has 21 heavy (non-hydrogen) atoms. The topological polar surface area (TPSA) is 53.2 Å². The van der Waals surface area contributed by atoms with Gasteiger partial charge in [0.25, 0.3) is 0 Å². The number of ether oxygens (including phenoxy) is 1. The Morgan fingerprint density at radius 3 is 3.00 bits per heavy atom. The molecule has 0 aromatic heterocycles. The third-order valence-electron chi connectivity index (χ3n) is 3.61. The van der Waals surface area contributed by atoms with Crippen LogP contribution < -0.4 is 4.74 Å². The largest absolute Gasteiger partial charge is 0.508 e. The first-order chi connectivity index (χ1) is 10.3. The van der Waals surface area contributed by atoms with E-state index in [2.05, 4.69) is 6.07 Å². The van der Waals surface area contributed by atoms with E-state index in [1.165, 1.54) is 0 Å². The van der Waals surface area contributed by atoms with Crippen LogP contribution in [0.4, 0.5) is 0 Å². The van der Waals surface area contributed by atoms with Crippen LogP contribution in [0, 0.1) is 11.3 Å². The molecule has 2 aromatic carbocycles. The summed E-state index contributed by atoms with van der Waals surface area (Å²) in [5, 5.41) is 19.1. The second kappa shape index (κ2) is 5.72. The number of benzene rings is 2. The molecule has 0 saturated heterocycles. The maximum atomic E-state index is 10.0. The number of phenols is 1. The van der Waals surface area contributed by atoms with Crippen LogP contribution in [0.3, 0.4) is 0 Å². The molecule has 0 aliphatic carbocycles. The lowest BCUT2D eigenvalue weighted by Crippen LogP contribution is -1.88. The van der Waals surface area contributed by atoms with Gasteiger partial charge in [0.1, 0.15) is 11.5 Å². The quantitative estimate of drug-likeness (QED) is 0.934. The van der Waals surface area contributed by atoms with Crippen molar-refractivity contribution >= 4 is 6.08 Å². The minimum Gasteiger partial charge on any atom is -0.508 e. The second-order valence-electron chi connectivity index (χ2n) is 4.99. The van der Waals surface area contributed by atoms with Gasteiger partial charge in [-0.3, -0.25) is 0 Å². The maximum absolute atomic E-state index is 10.0. The summed E-state index contributed by atoms with van der Waals surface area (Å²) in [6.07, 6.45) is 5.31. The van der Waals surface area contributed by atoms with Crippen LogP contribution in [-0.2, 0) is 12.8 Å². The third-order valence-corrected chi connectivity index (χ3v) is 3.61. The first-order valence-corrected chi connectivity index (χ1v) is 6.91. The van der Waals surface area contributed by atoms with E-state index in [9.17, 15) is 5.11 Å². The monoisotopic (exact) mass is 277 g/mol. The fourth-order valence-electron chi connectivity index (χ4n) is 2.47. The zero-order chi connectivity index (χ0) is 14.7. The number of aromatic hydroxyl groups is 1. The van der Waals surface area contributed by atoms with Crippen LogP contribution in [0.1, 0.15) is 22.3 Å². The summed E-state index contributed by atoms with van der Waals surface area (Å²) in [5.74, 6) is 1.17. The molecule has 1 N–H and O–H groups in total. The normalized spacial score (nSPS) is 12.9. The van der Waals surface area contributed by atoms with E-state index < -0.39 is 0 Å². The zero-order valence-corrected chi connectivity index (χ0v) is 11.5. The average Bonchev–Trinajstić information content (AvgIpc) is 2.95. The highest BCUT2D eigenvalue weighted by atomic mass is 16.5. The Labute approximate surface area is 123 Å². The number of rotatable bonds is 3. The van der Waals surface area contributed by atoms with Crippen molar-refractivity contribution in [1.29, 1.82) is 5.26 Å². The number of hydrogen-bond acceptors (Lipinski definition) is 3. The fourth-order valence-corrected chi connectivity index (χ4v) is 2.47. The maximum Gasteiger partial charge on any atom is 0.123 e. The van der Waals surface area contributed by atoms with Crippen LogP contribution in [0.15, 0.2) is 42.5 Å². The molecule has 1 aliphatic rings. The van der Waals surface area contributed by atoms with Gasteiger partial charge in [-0.2, -0.15) is 5.26 Å². The molecule has 3 nitrogen and oxygen atoms in total. The molecule has 3 rings (SSSR count). The minimum absolute atomic E-state index is 0.303. The highest BCUT2D eigenvalue weighted by Crippen LogP contribution is 2.32. The molecule has 0 amide bonds. The van der Waals surface area contributed by atoms with E-state index in [1.807, 2.05) is 36.4 Å². The zero-order valence-electron chi connectivity index (χ0n) is 11.5. The molecule has 0 bridgehead atoms. The summed E-state index contributed by atoms with van der Waals surface area (Å²) in [7, 11) is 0. The summed E-state index contributed by atoms with van der Waals surface area (Å²) in [6, 6.07) is 13.3. The van der Waals surface area contributed by atoms with Crippen LogP contribution >= 0.6 is 0 Å². The smallest absolute Gasteiger partial charge is 0.123 e. The Morgan fingerprint density at radius 1 is 1.29 bits per heavy atom. The Hall–Kier alpha value is -2.73. The minimum atomic E-state index is 0.303. The highest BCUT2D eigenvalue weighted by Gasteiger charge is 2.14. The molecular weight excluding hydrogens is 262 g/mol. The summed E-state index contributed by atoms with van der Waals surface area (Å²) >= 11 is 0. The molecule has 2 aromatic rings. The molecule has 0 fully saturated rings. The van der Waals surface area contributed by atoms with Crippen molar-refractivity contribution in [1.82, 2.24) is 0 Å². The van der Waals surface area contributed by atoms with E-state index in [1.54, 1.807) is 12.1 Å². The van der Waals surface area contributed by atoms with Crippen molar-refractivity contribution in [2.75, 3.05) is 6.61 Å². The second-order valence-corrected chi connectivity index (χ2v) is 4.99. The summed E-state index contributed by atoms with van der Waals surface area (Å²) < 4.78 is 5.52.